The quantitative estimate of drug-likeness (QED) is 0.352. The molecule has 0 saturated carbocycles. The molecule has 4 aromatic rings. The number of unbranched alkanes of at least 4 members (excludes halogenated alkanes) is 1. The lowest BCUT2D eigenvalue weighted by Crippen LogP contribution is -2.31. The summed E-state index contributed by atoms with van der Waals surface area (Å²) in [6.45, 7) is 12.6. The fourth-order valence-corrected chi connectivity index (χ4v) is 4.28. The zero-order valence-electron chi connectivity index (χ0n) is 21.7. The largest absolute Gasteiger partial charge is 0.454 e. The zero-order chi connectivity index (χ0) is 26.1. The van der Waals surface area contributed by atoms with Gasteiger partial charge in [-0.3, -0.25) is 14.3 Å². The molecule has 0 spiro atoms. The summed E-state index contributed by atoms with van der Waals surface area (Å²) in [5.41, 5.74) is 1.38. The van der Waals surface area contributed by atoms with Crippen molar-refractivity contribution in [2.75, 3.05) is 0 Å². The number of ether oxygens (including phenoxy) is 1. The van der Waals surface area contributed by atoms with Crippen molar-refractivity contribution in [3.05, 3.63) is 50.2 Å². The third kappa shape index (κ3) is 4.45. The maximum atomic E-state index is 13.3. The third-order valence-electron chi connectivity index (χ3n) is 6.24. The third-order valence-corrected chi connectivity index (χ3v) is 6.24. The Bertz CT molecular complexity index is 1540. The molecule has 0 atom stereocenters. The molecule has 0 amide bonds. The Balaban J connectivity index is 1.73. The molecule has 0 bridgehead atoms. The van der Waals surface area contributed by atoms with Gasteiger partial charge in [-0.15, -0.1) is 0 Å². The van der Waals surface area contributed by atoms with Crippen molar-refractivity contribution in [3.63, 3.8) is 0 Å². The number of aromatic amines is 1. The number of nitrogens with one attached hydrogen (secondary N) is 1. The monoisotopic (exact) mass is 495 g/mol. The van der Waals surface area contributed by atoms with Crippen LogP contribution in [0.1, 0.15) is 88.2 Å². The molecule has 11 nitrogen and oxygen atoms in total. The average molecular weight is 496 g/mol. The molecule has 0 aliphatic rings. The Labute approximate surface area is 208 Å². The maximum Gasteiger partial charge on any atom is 0.339 e. The van der Waals surface area contributed by atoms with Crippen LogP contribution < -0.4 is 11.2 Å². The number of H-pyrrole nitrogens is 1. The molecule has 0 aliphatic carbocycles. The molecule has 4 aromatic heterocycles. The highest BCUT2D eigenvalue weighted by Crippen LogP contribution is 2.25. The van der Waals surface area contributed by atoms with Crippen molar-refractivity contribution in [3.8, 4) is 0 Å². The van der Waals surface area contributed by atoms with Crippen molar-refractivity contribution in [1.82, 2.24) is 33.9 Å². The van der Waals surface area contributed by atoms with E-state index >= 15 is 0 Å². The molecule has 0 radical (unpaired) electrons. The van der Waals surface area contributed by atoms with Crippen molar-refractivity contribution in [1.29, 1.82) is 0 Å². The predicted octanol–water partition coefficient (Wildman–Crippen LogP) is 3.51. The van der Waals surface area contributed by atoms with Gasteiger partial charge in [-0.2, -0.15) is 5.10 Å². The van der Waals surface area contributed by atoms with Crippen LogP contribution in [-0.2, 0) is 24.4 Å². The summed E-state index contributed by atoms with van der Waals surface area (Å²) in [6, 6.07) is 1.83. The molecular formula is C25H33N7O4. The fraction of sp³-hybridized carbons (Fsp3) is 0.520. The first-order valence-electron chi connectivity index (χ1n) is 12.4. The van der Waals surface area contributed by atoms with Crippen molar-refractivity contribution < 1.29 is 9.53 Å². The van der Waals surface area contributed by atoms with Gasteiger partial charge < -0.3 is 9.30 Å². The molecular weight excluding hydrogens is 462 g/mol. The molecule has 1 N–H and O–H groups in total. The van der Waals surface area contributed by atoms with E-state index in [0.717, 1.165) is 18.5 Å². The Morgan fingerprint density at radius 3 is 2.47 bits per heavy atom. The van der Waals surface area contributed by atoms with E-state index < -0.39 is 17.2 Å². The van der Waals surface area contributed by atoms with Crippen molar-refractivity contribution >= 4 is 28.2 Å². The summed E-state index contributed by atoms with van der Waals surface area (Å²) in [7, 11) is 0. The second kappa shape index (κ2) is 10.1. The van der Waals surface area contributed by atoms with Gasteiger partial charge in [0.15, 0.2) is 16.8 Å². The van der Waals surface area contributed by atoms with Gasteiger partial charge in [0, 0.05) is 24.8 Å². The lowest BCUT2D eigenvalue weighted by molar-refractivity contribution is 0.0461. The number of carbonyl (C=O) groups is 1. The van der Waals surface area contributed by atoms with Crippen LogP contribution in [0.25, 0.3) is 22.2 Å². The van der Waals surface area contributed by atoms with E-state index in [-0.39, 0.29) is 18.6 Å². The van der Waals surface area contributed by atoms with Crippen LogP contribution in [0.5, 0.6) is 0 Å². The number of pyridine rings is 1. The van der Waals surface area contributed by atoms with Gasteiger partial charge in [0.05, 0.1) is 17.1 Å². The highest BCUT2D eigenvalue weighted by atomic mass is 16.5. The number of hydrogen-bond acceptors (Lipinski definition) is 7. The molecule has 4 heterocycles. The molecule has 0 saturated heterocycles. The fourth-order valence-electron chi connectivity index (χ4n) is 4.28. The van der Waals surface area contributed by atoms with Crippen LogP contribution in [0.2, 0.25) is 0 Å². The van der Waals surface area contributed by atoms with Crippen molar-refractivity contribution in [2.45, 2.75) is 86.0 Å². The lowest BCUT2D eigenvalue weighted by Gasteiger charge is -2.12. The van der Waals surface area contributed by atoms with Crippen LogP contribution in [0.15, 0.2) is 21.9 Å². The van der Waals surface area contributed by atoms with Gasteiger partial charge in [0.25, 0.3) is 5.56 Å². The van der Waals surface area contributed by atoms with Crippen LogP contribution in [0.3, 0.4) is 0 Å². The number of imidazole rings is 1. The molecule has 4 rings (SSSR count). The number of rotatable bonds is 9. The Kier molecular flexibility index (Phi) is 7.09. The van der Waals surface area contributed by atoms with Gasteiger partial charge in [0.2, 0.25) is 0 Å². The molecule has 11 heteroatoms. The molecule has 36 heavy (non-hydrogen) atoms. The van der Waals surface area contributed by atoms with E-state index in [9.17, 15) is 14.4 Å². The number of carbonyl (C=O) groups excluding carboxylic acids is 1. The van der Waals surface area contributed by atoms with E-state index in [1.54, 1.807) is 21.5 Å². The highest BCUT2D eigenvalue weighted by Gasteiger charge is 2.22. The molecule has 0 fully saturated rings. The standard InChI is InChI=1S/C25H33N7O4/c1-7-9-10-31-22-20(23(33)29-25(31)35)30(8-2)19(28-22)13-36-24(34)16-11-18(14(3)4)27-21-17(16)12-26-32(21)15(5)6/h11-12,14-15H,7-10,13H2,1-6H3,(H,29,33,35). The van der Waals surface area contributed by atoms with E-state index in [2.05, 4.69) is 15.1 Å². The highest BCUT2D eigenvalue weighted by molar-refractivity contribution is 6.02. The first kappa shape index (κ1) is 25.3. The maximum absolute atomic E-state index is 13.3. The Morgan fingerprint density at radius 1 is 1.08 bits per heavy atom. The second-order valence-corrected chi connectivity index (χ2v) is 9.45. The summed E-state index contributed by atoms with van der Waals surface area (Å²) in [5, 5.41) is 5.04. The van der Waals surface area contributed by atoms with Gasteiger partial charge in [0.1, 0.15) is 12.4 Å². The van der Waals surface area contributed by atoms with Gasteiger partial charge >= 0.3 is 11.7 Å². The molecule has 0 aromatic carbocycles. The number of nitrogens with zero attached hydrogens (tertiary/aromatic N) is 6. The lowest BCUT2D eigenvalue weighted by atomic mass is 10.1. The summed E-state index contributed by atoms with van der Waals surface area (Å²) in [4.78, 5) is 50.0. The van der Waals surface area contributed by atoms with Gasteiger partial charge in [-0.25, -0.2) is 24.2 Å². The summed E-state index contributed by atoms with van der Waals surface area (Å²) < 4.78 is 10.6. The number of aromatic nitrogens is 7. The topological polar surface area (TPSA) is 130 Å². The number of hydrogen-bond donors (Lipinski definition) is 1. The minimum atomic E-state index is -0.528. The molecule has 0 aliphatic heterocycles. The minimum absolute atomic E-state index is 0.0779. The normalized spacial score (nSPS) is 11.9. The number of aryl methyl sites for hydroxylation is 2. The number of fused-ring (bicyclic) bond motifs is 2. The van der Waals surface area contributed by atoms with Crippen LogP contribution >= 0.6 is 0 Å². The zero-order valence-corrected chi connectivity index (χ0v) is 21.7. The minimum Gasteiger partial charge on any atom is -0.454 e. The van der Waals surface area contributed by atoms with Crippen LogP contribution in [0.4, 0.5) is 0 Å². The smallest absolute Gasteiger partial charge is 0.339 e. The SMILES string of the molecule is CCCCn1c(=O)[nH]c(=O)c2c1nc(COC(=O)c1cc(C(C)C)nc3c1cnn3C(C)C)n2CC. The predicted molar refractivity (Wildman–Crippen MR) is 136 cm³/mol. The van der Waals surface area contributed by atoms with Gasteiger partial charge in [-0.1, -0.05) is 27.2 Å². The second-order valence-electron chi connectivity index (χ2n) is 9.45. The van der Waals surface area contributed by atoms with E-state index in [1.165, 1.54) is 4.57 Å². The Morgan fingerprint density at radius 2 is 1.83 bits per heavy atom. The number of esters is 1. The molecule has 0 unspecified atom stereocenters. The average Bonchev–Trinajstić information content (AvgIpc) is 3.43. The van der Waals surface area contributed by atoms with Crippen LogP contribution in [-0.4, -0.2) is 39.8 Å². The van der Waals surface area contributed by atoms with Gasteiger partial charge in [-0.05, 0) is 39.2 Å². The first-order chi connectivity index (χ1) is 17.2. The molecule has 192 valence electrons. The van der Waals surface area contributed by atoms with E-state index in [0.29, 0.717) is 46.7 Å². The van der Waals surface area contributed by atoms with E-state index in [4.69, 9.17) is 9.72 Å². The Hall–Kier alpha value is -3.76. The van der Waals surface area contributed by atoms with E-state index in [1.807, 2.05) is 41.5 Å². The summed E-state index contributed by atoms with van der Waals surface area (Å²) >= 11 is 0. The summed E-state index contributed by atoms with van der Waals surface area (Å²) in [5.74, 6) is -0.0265. The first-order valence-corrected chi connectivity index (χ1v) is 12.4. The summed E-state index contributed by atoms with van der Waals surface area (Å²) in [6.07, 6.45) is 3.29. The van der Waals surface area contributed by atoms with Crippen LogP contribution in [0, 0.1) is 0 Å². The van der Waals surface area contributed by atoms with Crippen molar-refractivity contribution in [2.24, 2.45) is 0 Å².